The summed E-state index contributed by atoms with van der Waals surface area (Å²) in [5, 5.41) is 6.28. The fourth-order valence-corrected chi connectivity index (χ4v) is 7.09. The molecule has 0 N–H and O–H groups in total. The molecule has 2 heterocycles. The first-order chi connectivity index (χ1) is 7.95. The molecule has 2 aliphatic heterocycles. The van der Waals surface area contributed by atoms with Crippen LogP contribution in [0.5, 0.6) is 0 Å². The Morgan fingerprint density at radius 3 is 1.75 bits per heavy atom. The Morgan fingerprint density at radius 1 is 0.875 bits per heavy atom. The molecule has 0 saturated heterocycles. The van der Waals surface area contributed by atoms with Crippen molar-refractivity contribution >= 4 is 45.1 Å². The lowest BCUT2D eigenvalue weighted by atomic mass is 10.2. The minimum absolute atomic E-state index is 0.862. The van der Waals surface area contributed by atoms with Crippen LogP contribution in [0.4, 0.5) is 0 Å². The van der Waals surface area contributed by atoms with Crippen LogP contribution in [0.1, 0.15) is 25.7 Å². The van der Waals surface area contributed by atoms with Crippen LogP contribution in [-0.4, -0.2) is 22.0 Å². The Bertz CT molecular complexity index is 223. The number of rotatable bonds is 5. The third-order valence-corrected chi connectivity index (χ3v) is 7.89. The van der Waals surface area contributed by atoms with Gasteiger partial charge in [-0.3, -0.25) is 0 Å². The minimum Gasteiger partial charge on any atom is -0.130 e. The van der Waals surface area contributed by atoms with Gasteiger partial charge in [0, 0.05) is 22.0 Å². The highest BCUT2D eigenvalue weighted by Gasteiger charge is 2.13. The Kier molecular flexibility index (Phi) is 6.71. The lowest BCUT2D eigenvalue weighted by Gasteiger charge is -2.18. The van der Waals surface area contributed by atoms with Crippen molar-refractivity contribution in [2.45, 2.75) is 36.2 Å². The molecule has 0 aromatic heterocycles. The Labute approximate surface area is 115 Å². The summed E-state index contributed by atoms with van der Waals surface area (Å²) in [6.45, 7) is 0. The van der Waals surface area contributed by atoms with Gasteiger partial charge in [0.2, 0.25) is 0 Å². The predicted octanol–water partition coefficient (Wildman–Crippen LogP) is 5.19. The van der Waals surface area contributed by atoms with E-state index in [1.54, 1.807) is 0 Å². The number of hydrogen-bond donors (Lipinski definition) is 0. The molecule has 0 aromatic carbocycles. The van der Waals surface area contributed by atoms with Crippen molar-refractivity contribution in [3.8, 4) is 0 Å². The lowest BCUT2D eigenvalue weighted by molar-refractivity contribution is 0.835. The Hall–Kier alpha value is 0.880. The van der Waals surface area contributed by atoms with E-state index in [1.165, 1.54) is 37.2 Å². The first-order valence-electron chi connectivity index (χ1n) is 5.80. The van der Waals surface area contributed by atoms with Crippen LogP contribution in [0.3, 0.4) is 0 Å². The Morgan fingerprint density at radius 2 is 1.38 bits per heavy atom. The van der Waals surface area contributed by atoms with Crippen LogP contribution in [0.2, 0.25) is 0 Å². The zero-order chi connectivity index (χ0) is 11.1. The van der Waals surface area contributed by atoms with Crippen molar-refractivity contribution in [2.24, 2.45) is 0 Å². The molecule has 0 spiro atoms. The maximum Gasteiger partial charge on any atom is 0.0190 e. The SMILES string of the molecule is C1=CSC(CSSCC2CCC=CS2)CC1. The molecule has 0 saturated carbocycles. The van der Waals surface area contributed by atoms with E-state index in [-0.39, 0.29) is 0 Å². The molecular weight excluding hydrogens is 272 g/mol. The second kappa shape index (κ2) is 8.06. The van der Waals surface area contributed by atoms with E-state index in [2.05, 4.69) is 44.6 Å². The molecule has 0 nitrogen and oxygen atoms in total. The Balaban J connectivity index is 1.51. The molecule has 2 unspecified atom stereocenters. The van der Waals surface area contributed by atoms with E-state index in [1.807, 2.05) is 23.5 Å². The molecule has 0 fully saturated rings. The second-order valence-corrected chi connectivity index (χ2v) is 8.96. The third kappa shape index (κ3) is 5.03. The van der Waals surface area contributed by atoms with E-state index in [0.29, 0.717) is 0 Å². The van der Waals surface area contributed by atoms with Crippen LogP contribution in [-0.2, 0) is 0 Å². The van der Waals surface area contributed by atoms with Gasteiger partial charge in [-0.25, -0.2) is 0 Å². The first-order valence-corrected chi connectivity index (χ1v) is 10.2. The maximum absolute atomic E-state index is 2.30. The van der Waals surface area contributed by atoms with Gasteiger partial charge in [-0.05, 0) is 36.5 Å². The van der Waals surface area contributed by atoms with Crippen LogP contribution in [0, 0.1) is 0 Å². The highest BCUT2D eigenvalue weighted by molar-refractivity contribution is 8.76. The van der Waals surface area contributed by atoms with Crippen molar-refractivity contribution in [3.05, 3.63) is 23.0 Å². The quantitative estimate of drug-likeness (QED) is 0.505. The van der Waals surface area contributed by atoms with Crippen molar-refractivity contribution in [2.75, 3.05) is 11.5 Å². The maximum atomic E-state index is 2.30. The van der Waals surface area contributed by atoms with Crippen LogP contribution < -0.4 is 0 Å². The topological polar surface area (TPSA) is 0 Å². The highest BCUT2D eigenvalue weighted by atomic mass is 33.1. The van der Waals surface area contributed by atoms with Gasteiger partial charge in [0.05, 0.1) is 0 Å². The molecule has 0 bridgehead atoms. The summed E-state index contributed by atoms with van der Waals surface area (Å²) < 4.78 is 0. The smallest absolute Gasteiger partial charge is 0.0190 e. The number of allylic oxidation sites excluding steroid dienone is 2. The summed E-state index contributed by atoms with van der Waals surface area (Å²) in [6, 6.07) is 0. The summed E-state index contributed by atoms with van der Waals surface area (Å²) >= 11 is 4.04. The minimum atomic E-state index is 0.862. The number of hydrogen-bond acceptors (Lipinski definition) is 4. The van der Waals surface area contributed by atoms with Crippen LogP contribution in [0.25, 0.3) is 0 Å². The fourth-order valence-electron chi connectivity index (χ4n) is 1.66. The molecule has 2 aliphatic rings. The number of thioether (sulfide) groups is 2. The molecule has 0 radical (unpaired) electrons. The average molecular weight is 291 g/mol. The van der Waals surface area contributed by atoms with Crippen molar-refractivity contribution in [1.29, 1.82) is 0 Å². The van der Waals surface area contributed by atoms with Crippen molar-refractivity contribution in [3.63, 3.8) is 0 Å². The fraction of sp³-hybridized carbons (Fsp3) is 0.667. The summed E-state index contributed by atoms with van der Waals surface area (Å²) in [5.74, 6) is 2.62. The largest absolute Gasteiger partial charge is 0.130 e. The van der Waals surface area contributed by atoms with E-state index in [0.717, 1.165) is 10.5 Å². The van der Waals surface area contributed by atoms with Crippen LogP contribution in [0.15, 0.2) is 23.0 Å². The van der Waals surface area contributed by atoms with Gasteiger partial charge >= 0.3 is 0 Å². The van der Waals surface area contributed by atoms with Gasteiger partial charge in [0.15, 0.2) is 0 Å². The van der Waals surface area contributed by atoms with Gasteiger partial charge < -0.3 is 0 Å². The monoisotopic (exact) mass is 290 g/mol. The molecule has 16 heavy (non-hydrogen) atoms. The molecule has 2 rings (SSSR count). The average Bonchev–Trinajstić information content (AvgIpc) is 2.37. The highest BCUT2D eigenvalue weighted by Crippen LogP contribution is 2.34. The molecule has 0 aromatic rings. The van der Waals surface area contributed by atoms with E-state index in [4.69, 9.17) is 0 Å². The van der Waals surface area contributed by atoms with Crippen LogP contribution >= 0.6 is 45.1 Å². The molecule has 90 valence electrons. The van der Waals surface area contributed by atoms with Crippen molar-refractivity contribution in [1.82, 2.24) is 0 Å². The summed E-state index contributed by atoms with van der Waals surface area (Å²) in [6.07, 6.45) is 9.90. The predicted molar refractivity (Wildman–Crippen MR) is 84.4 cm³/mol. The molecule has 0 amide bonds. The molecular formula is C12H18S4. The first kappa shape index (κ1) is 13.3. The van der Waals surface area contributed by atoms with Gasteiger partial charge in [0.1, 0.15) is 0 Å². The van der Waals surface area contributed by atoms with E-state index in [9.17, 15) is 0 Å². The van der Waals surface area contributed by atoms with E-state index < -0.39 is 0 Å². The zero-order valence-electron chi connectivity index (χ0n) is 9.34. The molecule has 4 heteroatoms. The molecule has 0 aliphatic carbocycles. The summed E-state index contributed by atoms with van der Waals surface area (Å²) in [7, 11) is 4.16. The van der Waals surface area contributed by atoms with Gasteiger partial charge in [-0.15, -0.1) is 23.5 Å². The van der Waals surface area contributed by atoms with Gasteiger partial charge in [-0.1, -0.05) is 33.7 Å². The normalized spacial score (nSPS) is 29.5. The standard InChI is InChI=1S/C12H18S4/c1-3-7-13-11(5-1)9-15-16-10-12-6-2-4-8-14-12/h3-4,7-8,11-12H,1-2,5-6,9-10H2. The molecule has 2 atom stereocenters. The van der Waals surface area contributed by atoms with Crippen molar-refractivity contribution < 1.29 is 0 Å². The zero-order valence-corrected chi connectivity index (χ0v) is 12.6. The summed E-state index contributed by atoms with van der Waals surface area (Å²) in [5.41, 5.74) is 0. The lowest BCUT2D eigenvalue weighted by Crippen LogP contribution is -2.08. The second-order valence-electron chi connectivity index (χ2n) is 3.98. The summed E-state index contributed by atoms with van der Waals surface area (Å²) in [4.78, 5) is 0. The van der Waals surface area contributed by atoms with E-state index >= 15 is 0 Å². The third-order valence-electron chi connectivity index (χ3n) is 2.64. The van der Waals surface area contributed by atoms with Gasteiger partial charge in [0.25, 0.3) is 0 Å². The van der Waals surface area contributed by atoms with Gasteiger partial charge in [-0.2, -0.15) is 0 Å².